The van der Waals surface area contributed by atoms with Crippen LogP contribution in [-0.2, 0) is 21.2 Å². The number of nitrogens with zero attached hydrogens (tertiary/aromatic N) is 4. The Balaban J connectivity index is 1.29. The van der Waals surface area contributed by atoms with Gasteiger partial charge >= 0.3 is 0 Å². The van der Waals surface area contributed by atoms with Crippen molar-refractivity contribution in [3.63, 3.8) is 0 Å². The summed E-state index contributed by atoms with van der Waals surface area (Å²) in [7, 11) is -3.22. The van der Waals surface area contributed by atoms with Crippen molar-refractivity contribution in [1.29, 1.82) is 0 Å². The number of rotatable bonds is 5. The minimum Gasteiger partial charge on any atom is -0.388 e. The number of aromatic nitrogens is 2. The van der Waals surface area contributed by atoms with Crippen molar-refractivity contribution < 1.29 is 18.3 Å². The molecule has 32 heavy (non-hydrogen) atoms. The van der Waals surface area contributed by atoms with E-state index in [9.17, 15) is 18.3 Å². The van der Waals surface area contributed by atoms with Crippen LogP contribution >= 0.6 is 0 Å². The Morgan fingerprint density at radius 1 is 1.22 bits per heavy atom. The molecule has 1 aromatic rings. The molecular formula is C21H32N6O4S. The summed E-state index contributed by atoms with van der Waals surface area (Å²) >= 11 is 0. The Hall–Kier alpha value is -1.82. The molecular weight excluding hydrogens is 432 g/mol. The molecule has 3 fully saturated rings. The Kier molecular flexibility index (Phi) is 5.63. The van der Waals surface area contributed by atoms with Crippen molar-refractivity contribution >= 4 is 27.7 Å². The molecule has 1 saturated carbocycles. The van der Waals surface area contributed by atoms with Crippen LogP contribution < -0.4 is 15.5 Å². The van der Waals surface area contributed by atoms with Crippen LogP contribution in [0.4, 0.5) is 11.8 Å². The zero-order chi connectivity index (χ0) is 22.5. The molecule has 0 bridgehead atoms. The summed E-state index contributed by atoms with van der Waals surface area (Å²) < 4.78 is 26.8. The van der Waals surface area contributed by atoms with Gasteiger partial charge in [-0.3, -0.25) is 9.69 Å². The third-order valence-electron chi connectivity index (χ3n) is 7.45. The number of carbonyl (C=O) groups is 1. The highest BCUT2D eigenvalue weighted by atomic mass is 32.2. The van der Waals surface area contributed by atoms with Crippen molar-refractivity contribution in [3.05, 3.63) is 11.8 Å². The lowest BCUT2D eigenvalue weighted by atomic mass is 9.95. The lowest BCUT2D eigenvalue weighted by Crippen LogP contribution is -2.57. The third-order valence-corrected chi connectivity index (χ3v) is 9.71. The van der Waals surface area contributed by atoms with Crippen LogP contribution in [0.1, 0.15) is 51.0 Å². The second kappa shape index (κ2) is 8.19. The van der Waals surface area contributed by atoms with Gasteiger partial charge in [0, 0.05) is 50.4 Å². The molecule has 176 valence electrons. The summed E-state index contributed by atoms with van der Waals surface area (Å²) in [6, 6.07) is -0.201. The van der Waals surface area contributed by atoms with Gasteiger partial charge in [0.2, 0.25) is 21.9 Å². The number of carbonyl (C=O) groups excluding carboxylic acids is 1. The van der Waals surface area contributed by atoms with E-state index in [0.29, 0.717) is 70.0 Å². The predicted molar refractivity (Wildman–Crippen MR) is 120 cm³/mol. The van der Waals surface area contributed by atoms with E-state index in [1.165, 1.54) is 0 Å². The maximum atomic E-state index is 12.8. The minimum absolute atomic E-state index is 0.00155. The first-order valence-electron chi connectivity index (χ1n) is 11.6. The standard InChI is InChI=1S/C21H32N6O4S/c1-21(29)8-2-3-17(21)27-18(28)5-4-14-11-23-20(25-19(14)27)24-15-6-9-26(10-7-15)32(30,31)16-12-22-13-16/h11,15-17,22,29H,2-10,12-13H2,1H3,(H,23,24,25)/t17-,21-/m1/s1. The summed E-state index contributed by atoms with van der Waals surface area (Å²) in [6.45, 7) is 3.83. The van der Waals surface area contributed by atoms with Gasteiger partial charge in [-0.15, -0.1) is 0 Å². The van der Waals surface area contributed by atoms with E-state index in [-0.39, 0.29) is 23.2 Å². The molecule has 3 aliphatic heterocycles. The molecule has 2 saturated heterocycles. The maximum Gasteiger partial charge on any atom is 0.228 e. The first-order chi connectivity index (χ1) is 15.3. The first-order valence-corrected chi connectivity index (χ1v) is 13.1. The SMILES string of the molecule is C[C@@]1(O)CCC[C@H]1N1C(=O)CCc2cnc(NC3CCN(S(=O)(=O)C4CNC4)CC3)nc21. The number of anilines is 2. The van der Waals surface area contributed by atoms with Gasteiger partial charge in [-0.25, -0.2) is 17.7 Å². The molecule has 0 unspecified atom stereocenters. The van der Waals surface area contributed by atoms with Crippen LogP contribution in [0.15, 0.2) is 6.20 Å². The molecule has 2 atom stereocenters. The van der Waals surface area contributed by atoms with E-state index in [4.69, 9.17) is 4.98 Å². The van der Waals surface area contributed by atoms with Gasteiger partial charge in [-0.05, 0) is 45.4 Å². The van der Waals surface area contributed by atoms with Crippen LogP contribution in [0.2, 0.25) is 0 Å². The fourth-order valence-corrected chi connectivity index (χ4v) is 7.11. The monoisotopic (exact) mass is 464 g/mol. The van der Waals surface area contributed by atoms with Crippen molar-refractivity contribution in [2.75, 3.05) is 36.4 Å². The minimum atomic E-state index is -3.22. The van der Waals surface area contributed by atoms with Gasteiger partial charge in [-0.2, -0.15) is 4.98 Å². The number of aliphatic hydroxyl groups is 1. The highest BCUT2D eigenvalue weighted by Crippen LogP contribution is 2.39. The Morgan fingerprint density at radius 2 is 1.97 bits per heavy atom. The highest BCUT2D eigenvalue weighted by Gasteiger charge is 2.45. The third kappa shape index (κ3) is 3.89. The van der Waals surface area contributed by atoms with Gasteiger partial charge in [0.1, 0.15) is 11.1 Å². The fraction of sp³-hybridized carbons (Fsp3) is 0.762. The van der Waals surface area contributed by atoms with Gasteiger partial charge in [-0.1, -0.05) is 0 Å². The maximum absolute atomic E-state index is 12.8. The quantitative estimate of drug-likeness (QED) is 0.565. The average Bonchev–Trinajstić information content (AvgIpc) is 3.05. The molecule has 0 aromatic carbocycles. The molecule has 11 heteroatoms. The van der Waals surface area contributed by atoms with Crippen LogP contribution in [0.5, 0.6) is 0 Å². The number of amides is 1. The Labute approximate surface area is 188 Å². The van der Waals surface area contributed by atoms with Crippen molar-refractivity contribution in [2.45, 2.75) is 74.8 Å². The van der Waals surface area contributed by atoms with Crippen LogP contribution in [0, 0.1) is 0 Å². The zero-order valence-corrected chi connectivity index (χ0v) is 19.3. The largest absolute Gasteiger partial charge is 0.388 e. The summed E-state index contributed by atoms with van der Waals surface area (Å²) in [5, 5.41) is 16.9. The topological polar surface area (TPSA) is 128 Å². The number of hydrogen-bond acceptors (Lipinski definition) is 8. The molecule has 3 N–H and O–H groups in total. The smallest absolute Gasteiger partial charge is 0.228 e. The van der Waals surface area contributed by atoms with E-state index in [2.05, 4.69) is 15.6 Å². The van der Waals surface area contributed by atoms with E-state index < -0.39 is 15.6 Å². The number of hydrogen-bond donors (Lipinski definition) is 3. The molecule has 1 amide bonds. The Morgan fingerprint density at radius 3 is 2.59 bits per heavy atom. The van der Waals surface area contributed by atoms with Crippen molar-refractivity contribution in [1.82, 2.24) is 19.6 Å². The highest BCUT2D eigenvalue weighted by molar-refractivity contribution is 7.89. The molecule has 5 rings (SSSR count). The van der Waals surface area contributed by atoms with Gasteiger partial charge < -0.3 is 15.7 Å². The molecule has 0 spiro atoms. The zero-order valence-electron chi connectivity index (χ0n) is 18.5. The van der Waals surface area contributed by atoms with E-state index in [0.717, 1.165) is 18.4 Å². The molecule has 4 heterocycles. The lowest BCUT2D eigenvalue weighted by molar-refractivity contribution is -0.120. The molecule has 1 aromatic heterocycles. The summed E-state index contributed by atoms with van der Waals surface area (Å²) in [4.78, 5) is 23.7. The molecule has 4 aliphatic rings. The van der Waals surface area contributed by atoms with Crippen LogP contribution in [-0.4, -0.2) is 82.8 Å². The first kappa shape index (κ1) is 22.0. The number of piperidine rings is 1. The molecule has 0 radical (unpaired) electrons. The summed E-state index contributed by atoms with van der Waals surface area (Å²) in [6.07, 6.45) is 6.45. The van der Waals surface area contributed by atoms with E-state index >= 15 is 0 Å². The summed E-state index contributed by atoms with van der Waals surface area (Å²) in [5.41, 5.74) is 0.00440. The second-order valence-electron chi connectivity index (χ2n) is 9.71. The number of nitrogens with one attached hydrogen (secondary N) is 2. The predicted octanol–water partition coefficient (Wildman–Crippen LogP) is 0.237. The number of fused-ring (bicyclic) bond motifs is 1. The number of aryl methyl sites for hydroxylation is 1. The number of sulfonamides is 1. The van der Waals surface area contributed by atoms with Gasteiger partial charge in [0.05, 0.1) is 11.6 Å². The van der Waals surface area contributed by atoms with Crippen molar-refractivity contribution in [2.24, 2.45) is 0 Å². The molecule has 1 aliphatic carbocycles. The fourth-order valence-electron chi connectivity index (χ4n) is 5.31. The second-order valence-corrected chi connectivity index (χ2v) is 11.9. The van der Waals surface area contributed by atoms with E-state index in [1.807, 2.05) is 0 Å². The summed E-state index contributed by atoms with van der Waals surface area (Å²) in [5.74, 6) is 1.05. The Bertz CT molecular complexity index is 988. The van der Waals surface area contributed by atoms with Gasteiger partial charge in [0.15, 0.2) is 0 Å². The lowest BCUT2D eigenvalue weighted by Gasteiger charge is -2.39. The van der Waals surface area contributed by atoms with Crippen molar-refractivity contribution in [3.8, 4) is 0 Å². The van der Waals surface area contributed by atoms with E-state index in [1.54, 1.807) is 22.3 Å². The van der Waals surface area contributed by atoms with Crippen LogP contribution in [0.25, 0.3) is 0 Å². The molecule has 10 nitrogen and oxygen atoms in total. The van der Waals surface area contributed by atoms with Crippen LogP contribution in [0.3, 0.4) is 0 Å². The normalized spacial score (nSPS) is 30.2. The average molecular weight is 465 g/mol. The van der Waals surface area contributed by atoms with Gasteiger partial charge in [0.25, 0.3) is 0 Å².